The van der Waals surface area contributed by atoms with Crippen LogP contribution in [-0.2, 0) is 9.47 Å². The molecule has 0 saturated carbocycles. The molecule has 1 amide bonds. The first-order chi connectivity index (χ1) is 11.8. The van der Waals surface area contributed by atoms with Gasteiger partial charge in [0.2, 0.25) is 0 Å². The normalized spacial score (nSPS) is 10.9. The molecule has 0 fully saturated rings. The Hall–Kier alpha value is -2.89. The van der Waals surface area contributed by atoms with Crippen LogP contribution in [0.15, 0.2) is 42.6 Å². The van der Waals surface area contributed by atoms with Crippen molar-refractivity contribution in [1.82, 2.24) is 4.98 Å². The van der Waals surface area contributed by atoms with E-state index in [-0.39, 0.29) is 0 Å². The second-order valence-electron chi connectivity index (χ2n) is 6.32. The number of rotatable bonds is 4. The lowest BCUT2D eigenvalue weighted by atomic mass is 10.1. The highest BCUT2D eigenvalue weighted by atomic mass is 16.6. The summed E-state index contributed by atoms with van der Waals surface area (Å²) in [5.74, 6) is -0.415. The summed E-state index contributed by atoms with van der Waals surface area (Å²) in [6, 6.07) is 10.4. The SMILES string of the molecule is CCOC(=O)c1cccnc1-c1ccc(NC(=O)OC(C)(C)C)cc1. The van der Waals surface area contributed by atoms with Crippen molar-refractivity contribution in [3.63, 3.8) is 0 Å². The van der Waals surface area contributed by atoms with Crippen LogP contribution in [0.4, 0.5) is 10.5 Å². The Labute approximate surface area is 147 Å². The summed E-state index contributed by atoms with van der Waals surface area (Å²) in [5, 5.41) is 2.66. The highest BCUT2D eigenvalue weighted by Crippen LogP contribution is 2.24. The molecule has 0 aliphatic carbocycles. The molecule has 2 aromatic rings. The van der Waals surface area contributed by atoms with E-state index in [4.69, 9.17) is 9.47 Å². The monoisotopic (exact) mass is 342 g/mol. The van der Waals surface area contributed by atoms with Gasteiger partial charge in [0.25, 0.3) is 0 Å². The molecule has 0 radical (unpaired) electrons. The van der Waals surface area contributed by atoms with E-state index in [1.807, 2.05) is 0 Å². The number of hydrogen-bond acceptors (Lipinski definition) is 5. The Morgan fingerprint density at radius 2 is 1.80 bits per heavy atom. The van der Waals surface area contributed by atoms with Crippen molar-refractivity contribution in [1.29, 1.82) is 0 Å². The van der Waals surface area contributed by atoms with Crippen LogP contribution >= 0.6 is 0 Å². The van der Waals surface area contributed by atoms with E-state index in [1.165, 1.54) is 0 Å². The van der Waals surface area contributed by atoms with E-state index in [1.54, 1.807) is 70.3 Å². The lowest BCUT2D eigenvalue weighted by Gasteiger charge is -2.19. The number of carbonyl (C=O) groups excluding carboxylic acids is 2. The summed E-state index contributed by atoms with van der Waals surface area (Å²) < 4.78 is 10.3. The molecule has 1 aromatic heterocycles. The van der Waals surface area contributed by atoms with E-state index in [2.05, 4.69) is 10.3 Å². The van der Waals surface area contributed by atoms with Gasteiger partial charge in [0.15, 0.2) is 0 Å². The van der Waals surface area contributed by atoms with Crippen molar-refractivity contribution in [3.05, 3.63) is 48.2 Å². The number of nitrogens with zero attached hydrogens (tertiary/aromatic N) is 1. The van der Waals surface area contributed by atoms with E-state index in [9.17, 15) is 9.59 Å². The quantitative estimate of drug-likeness (QED) is 0.840. The lowest BCUT2D eigenvalue weighted by Crippen LogP contribution is -2.27. The van der Waals surface area contributed by atoms with E-state index >= 15 is 0 Å². The molecule has 6 heteroatoms. The molecule has 1 aromatic carbocycles. The Kier molecular flexibility index (Phi) is 5.75. The van der Waals surface area contributed by atoms with Gasteiger partial charge in [0.05, 0.1) is 17.9 Å². The van der Waals surface area contributed by atoms with E-state index < -0.39 is 17.7 Å². The van der Waals surface area contributed by atoms with Crippen LogP contribution < -0.4 is 5.32 Å². The van der Waals surface area contributed by atoms with Gasteiger partial charge in [-0.15, -0.1) is 0 Å². The number of esters is 1. The topological polar surface area (TPSA) is 77.5 Å². The Morgan fingerprint density at radius 3 is 2.40 bits per heavy atom. The number of benzene rings is 1. The summed E-state index contributed by atoms with van der Waals surface area (Å²) >= 11 is 0. The zero-order valence-corrected chi connectivity index (χ0v) is 14.8. The summed E-state index contributed by atoms with van der Waals surface area (Å²) in [6.07, 6.45) is 1.09. The first-order valence-electron chi connectivity index (χ1n) is 8.02. The van der Waals surface area contributed by atoms with Crippen LogP contribution in [0.1, 0.15) is 38.1 Å². The minimum absolute atomic E-state index is 0.298. The molecule has 0 saturated heterocycles. The molecular formula is C19H22N2O4. The van der Waals surface area contributed by atoms with Crippen molar-refractivity contribution in [2.75, 3.05) is 11.9 Å². The number of hydrogen-bond donors (Lipinski definition) is 1. The second-order valence-corrected chi connectivity index (χ2v) is 6.32. The first-order valence-corrected chi connectivity index (χ1v) is 8.02. The van der Waals surface area contributed by atoms with Crippen LogP contribution in [0.3, 0.4) is 0 Å². The third kappa shape index (κ3) is 5.31. The molecule has 6 nitrogen and oxygen atoms in total. The number of ether oxygens (including phenoxy) is 2. The molecule has 0 atom stereocenters. The highest BCUT2D eigenvalue weighted by Gasteiger charge is 2.17. The van der Waals surface area contributed by atoms with Crippen molar-refractivity contribution in [3.8, 4) is 11.3 Å². The Balaban J connectivity index is 2.18. The number of nitrogens with one attached hydrogen (secondary N) is 1. The number of amides is 1. The molecule has 0 aliphatic heterocycles. The molecule has 0 spiro atoms. The number of anilines is 1. The fraction of sp³-hybridized carbons (Fsp3) is 0.316. The third-order valence-electron chi connectivity index (χ3n) is 3.11. The largest absolute Gasteiger partial charge is 0.462 e. The zero-order valence-electron chi connectivity index (χ0n) is 14.8. The molecule has 25 heavy (non-hydrogen) atoms. The maximum Gasteiger partial charge on any atom is 0.412 e. The van der Waals surface area contributed by atoms with Gasteiger partial charge >= 0.3 is 12.1 Å². The standard InChI is InChI=1S/C19H22N2O4/c1-5-24-17(22)15-7-6-12-20-16(15)13-8-10-14(11-9-13)21-18(23)25-19(2,3)4/h6-12H,5H2,1-4H3,(H,21,23). The van der Waals surface area contributed by atoms with Crippen molar-refractivity contribution < 1.29 is 19.1 Å². The number of pyridine rings is 1. The summed E-state index contributed by atoms with van der Waals surface area (Å²) in [4.78, 5) is 28.1. The highest BCUT2D eigenvalue weighted by molar-refractivity contribution is 5.96. The molecule has 132 valence electrons. The Bertz CT molecular complexity index is 749. The fourth-order valence-electron chi connectivity index (χ4n) is 2.14. The minimum Gasteiger partial charge on any atom is -0.462 e. The number of aromatic nitrogens is 1. The van der Waals surface area contributed by atoms with Gasteiger partial charge < -0.3 is 9.47 Å². The molecule has 2 rings (SSSR count). The average Bonchev–Trinajstić information content (AvgIpc) is 2.54. The summed E-state index contributed by atoms with van der Waals surface area (Å²) in [7, 11) is 0. The summed E-state index contributed by atoms with van der Waals surface area (Å²) in [5.41, 5.74) is 1.71. The number of carbonyl (C=O) groups is 2. The van der Waals surface area contributed by atoms with Crippen LogP contribution in [0.2, 0.25) is 0 Å². The molecule has 0 bridgehead atoms. The van der Waals surface area contributed by atoms with E-state index in [0.717, 1.165) is 5.56 Å². The van der Waals surface area contributed by atoms with E-state index in [0.29, 0.717) is 23.6 Å². The first kappa shape index (κ1) is 18.4. The predicted molar refractivity (Wildman–Crippen MR) is 95.5 cm³/mol. The van der Waals surface area contributed by atoms with Gasteiger partial charge in [-0.05, 0) is 52.0 Å². The second kappa shape index (κ2) is 7.79. The van der Waals surface area contributed by atoms with Gasteiger partial charge in [-0.1, -0.05) is 12.1 Å². The fourth-order valence-corrected chi connectivity index (χ4v) is 2.14. The maximum atomic E-state index is 12.0. The van der Waals surface area contributed by atoms with Gasteiger partial charge in [0.1, 0.15) is 5.60 Å². The van der Waals surface area contributed by atoms with Crippen LogP contribution in [-0.4, -0.2) is 29.3 Å². The minimum atomic E-state index is -0.563. The van der Waals surface area contributed by atoms with Crippen molar-refractivity contribution in [2.24, 2.45) is 0 Å². The molecule has 1 N–H and O–H groups in total. The van der Waals surface area contributed by atoms with Gasteiger partial charge in [-0.25, -0.2) is 9.59 Å². The molecule has 0 aliphatic rings. The third-order valence-corrected chi connectivity index (χ3v) is 3.11. The zero-order chi connectivity index (χ0) is 18.4. The average molecular weight is 342 g/mol. The smallest absolute Gasteiger partial charge is 0.412 e. The van der Waals surface area contributed by atoms with Crippen LogP contribution in [0.25, 0.3) is 11.3 Å². The molecule has 0 unspecified atom stereocenters. The van der Waals surface area contributed by atoms with Crippen molar-refractivity contribution >= 4 is 17.7 Å². The molecule has 1 heterocycles. The van der Waals surface area contributed by atoms with Gasteiger partial charge in [-0.2, -0.15) is 0 Å². The van der Waals surface area contributed by atoms with Gasteiger partial charge in [-0.3, -0.25) is 10.3 Å². The lowest BCUT2D eigenvalue weighted by molar-refractivity contribution is 0.0526. The van der Waals surface area contributed by atoms with Crippen molar-refractivity contribution in [2.45, 2.75) is 33.3 Å². The van der Waals surface area contributed by atoms with Gasteiger partial charge in [0, 0.05) is 17.4 Å². The van der Waals surface area contributed by atoms with Crippen LogP contribution in [0, 0.1) is 0 Å². The Morgan fingerprint density at radius 1 is 1.12 bits per heavy atom. The van der Waals surface area contributed by atoms with Crippen LogP contribution in [0.5, 0.6) is 0 Å². The molecular weight excluding hydrogens is 320 g/mol. The predicted octanol–water partition coefficient (Wildman–Crippen LogP) is 4.27. The summed E-state index contributed by atoms with van der Waals surface area (Å²) in [6.45, 7) is 7.45. The maximum absolute atomic E-state index is 12.0.